The molecule has 0 saturated carbocycles. The Morgan fingerprint density at radius 1 is 1.14 bits per heavy atom. The molecule has 0 radical (unpaired) electrons. The average molecular weight is 316 g/mol. The van der Waals surface area contributed by atoms with Crippen LogP contribution >= 0.6 is 11.8 Å². The second kappa shape index (κ2) is 12.3. The number of hydrogen-bond donors (Lipinski definition) is 1. The molecule has 21 heavy (non-hydrogen) atoms. The molecule has 0 aromatic carbocycles. The summed E-state index contributed by atoms with van der Waals surface area (Å²) in [6, 6.07) is 0. The SMILES string of the molecule is CCCCSCCC(O)CCCCN1CCCCCC1=O. The van der Waals surface area contributed by atoms with Gasteiger partial charge in [0.25, 0.3) is 0 Å². The lowest BCUT2D eigenvalue weighted by atomic mass is 10.1. The number of aliphatic hydroxyl groups is 1. The minimum atomic E-state index is -0.154. The fraction of sp³-hybridized carbons (Fsp3) is 0.941. The van der Waals surface area contributed by atoms with Crippen LogP contribution in [0.1, 0.15) is 71.1 Å². The molecule has 0 aromatic heterocycles. The third-order valence-electron chi connectivity index (χ3n) is 4.12. The summed E-state index contributed by atoms with van der Waals surface area (Å²) in [5.74, 6) is 2.63. The first-order chi connectivity index (χ1) is 10.2. The van der Waals surface area contributed by atoms with Gasteiger partial charge in [-0.05, 0) is 56.5 Å². The van der Waals surface area contributed by atoms with Gasteiger partial charge < -0.3 is 10.0 Å². The quantitative estimate of drug-likeness (QED) is 0.589. The van der Waals surface area contributed by atoms with Crippen molar-refractivity contribution in [3.05, 3.63) is 0 Å². The summed E-state index contributed by atoms with van der Waals surface area (Å²) in [4.78, 5) is 13.9. The zero-order chi connectivity index (χ0) is 15.3. The van der Waals surface area contributed by atoms with Gasteiger partial charge in [-0.1, -0.05) is 19.8 Å². The summed E-state index contributed by atoms with van der Waals surface area (Å²) in [5, 5.41) is 9.95. The lowest BCUT2D eigenvalue weighted by Gasteiger charge is -2.20. The van der Waals surface area contributed by atoms with E-state index in [-0.39, 0.29) is 6.10 Å². The lowest BCUT2D eigenvalue weighted by Crippen LogP contribution is -2.31. The predicted octanol–water partition coefficient (Wildman–Crippen LogP) is 3.84. The molecule has 0 aromatic rings. The molecule has 1 atom stereocenters. The summed E-state index contributed by atoms with van der Waals surface area (Å²) in [5.41, 5.74) is 0. The molecule has 1 aliphatic heterocycles. The van der Waals surface area contributed by atoms with E-state index in [1.807, 2.05) is 16.7 Å². The van der Waals surface area contributed by atoms with E-state index in [2.05, 4.69) is 6.92 Å². The zero-order valence-corrected chi connectivity index (χ0v) is 14.5. The monoisotopic (exact) mass is 315 g/mol. The third-order valence-corrected chi connectivity index (χ3v) is 5.23. The van der Waals surface area contributed by atoms with Gasteiger partial charge in [0.15, 0.2) is 0 Å². The van der Waals surface area contributed by atoms with Gasteiger partial charge in [0, 0.05) is 19.5 Å². The van der Waals surface area contributed by atoms with E-state index in [9.17, 15) is 9.90 Å². The highest BCUT2D eigenvalue weighted by molar-refractivity contribution is 7.99. The molecule has 1 saturated heterocycles. The van der Waals surface area contributed by atoms with Crippen LogP contribution < -0.4 is 0 Å². The Bertz CT molecular complexity index is 274. The highest BCUT2D eigenvalue weighted by Gasteiger charge is 2.15. The summed E-state index contributed by atoms with van der Waals surface area (Å²) >= 11 is 1.96. The number of hydrogen-bond acceptors (Lipinski definition) is 3. The van der Waals surface area contributed by atoms with Gasteiger partial charge >= 0.3 is 0 Å². The number of thioether (sulfide) groups is 1. The Labute approximate surface area is 134 Å². The van der Waals surface area contributed by atoms with Crippen molar-refractivity contribution in [2.24, 2.45) is 0 Å². The molecule has 1 N–H and O–H groups in total. The first-order valence-electron chi connectivity index (χ1n) is 8.77. The number of carbonyl (C=O) groups is 1. The van der Waals surface area contributed by atoms with E-state index in [1.54, 1.807) is 0 Å². The number of unbranched alkanes of at least 4 members (excludes halogenated alkanes) is 2. The molecule has 124 valence electrons. The van der Waals surface area contributed by atoms with Gasteiger partial charge in [-0.3, -0.25) is 4.79 Å². The number of likely N-dealkylation sites (tertiary alicyclic amines) is 1. The fourth-order valence-electron chi connectivity index (χ4n) is 2.67. The molecule has 3 nitrogen and oxygen atoms in total. The van der Waals surface area contributed by atoms with Crippen LogP contribution in [0.3, 0.4) is 0 Å². The van der Waals surface area contributed by atoms with Crippen molar-refractivity contribution in [3.63, 3.8) is 0 Å². The molecular weight excluding hydrogens is 282 g/mol. The van der Waals surface area contributed by atoms with E-state index in [4.69, 9.17) is 0 Å². The molecular formula is C17H33NO2S. The van der Waals surface area contributed by atoms with Crippen LogP contribution in [0.15, 0.2) is 0 Å². The number of aliphatic hydroxyl groups excluding tert-OH is 1. The van der Waals surface area contributed by atoms with Crippen molar-refractivity contribution >= 4 is 17.7 Å². The summed E-state index contributed by atoms with van der Waals surface area (Å²) in [6.45, 7) is 4.04. The Morgan fingerprint density at radius 2 is 2.00 bits per heavy atom. The Hall–Kier alpha value is -0.220. The van der Waals surface area contributed by atoms with Crippen LogP contribution in [0, 0.1) is 0 Å². The Balaban J connectivity index is 1.98. The van der Waals surface area contributed by atoms with Gasteiger partial charge in [-0.15, -0.1) is 0 Å². The van der Waals surface area contributed by atoms with E-state index >= 15 is 0 Å². The molecule has 1 amide bonds. The van der Waals surface area contributed by atoms with Crippen molar-refractivity contribution in [2.75, 3.05) is 24.6 Å². The number of nitrogens with zero attached hydrogens (tertiary/aromatic N) is 1. The predicted molar refractivity (Wildman–Crippen MR) is 91.8 cm³/mol. The minimum Gasteiger partial charge on any atom is -0.393 e. The maximum atomic E-state index is 11.8. The van der Waals surface area contributed by atoms with Crippen molar-refractivity contribution < 1.29 is 9.90 Å². The van der Waals surface area contributed by atoms with E-state index in [0.717, 1.165) is 63.8 Å². The topological polar surface area (TPSA) is 40.5 Å². The van der Waals surface area contributed by atoms with Crippen molar-refractivity contribution in [1.82, 2.24) is 4.90 Å². The fourth-order valence-corrected chi connectivity index (χ4v) is 3.81. The molecule has 0 bridgehead atoms. The molecule has 1 unspecified atom stereocenters. The molecule has 4 heteroatoms. The first kappa shape index (κ1) is 18.8. The molecule has 1 aliphatic rings. The number of rotatable bonds is 11. The van der Waals surface area contributed by atoms with Crippen LogP contribution in [0.4, 0.5) is 0 Å². The van der Waals surface area contributed by atoms with Gasteiger partial charge in [0.05, 0.1) is 6.10 Å². The summed E-state index contributed by atoms with van der Waals surface area (Å²) in [7, 11) is 0. The van der Waals surface area contributed by atoms with Crippen LogP contribution in [0.2, 0.25) is 0 Å². The van der Waals surface area contributed by atoms with Crippen molar-refractivity contribution in [1.29, 1.82) is 0 Å². The Kier molecular flexibility index (Phi) is 11.1. The van der Waals surface area contributed by atoms with Crippen molar-refractivity contribution in [3.8, 4) is 0 Å². The van der Waals surface area contributed by atoms with Gasteiger partial charge in [-0.25, -0.2) is 0 Å². The van der Waals surface area contributed by atoms with Gasteiger partial charge in [0.1, 0.15) is 0 Å². The van der Waals surface area contributed by atoms with Crippen LogP contribution in [-0.2, 0) is 4.79 Å². The van der Waals surface area contributed by atoms with Crippen LogP contribution in [0.25, 0.3) is 0 Å². The smallest absolute Gasteiger partial charge is 0.222 e. The maximum absolute atomic E-state index is 11.8. The summed E-state index contributed by atoms with van der Waals surface area (Å²) < 4.78 is 0. The molecule has 1 rings (SSSR count). The first-order valence-corrected chi connectivity index (χ1v) is 9.93. The minimum absolute atomic E-state index is 0.154. The normalized spacial score (nSPS) is 17.8. The van der Waals surface area contributed by atoms with Crippen LogP contribution in [-0.4, -0.2) is 46.6 Å². The molecule has 0 aliphatic carbocycles. The van der Waals surface area contributed by atoms with E-state index in [1.165, 1.54) is 25.0 Å². The molecule has 1 fully saturated rings. The largest absolute Gasteiger partial charge is 0.393 e. The lowest BCUT2D eigenvalue weighted by molar-refractivity contribution is -0.130. The van der Waals surface area contributed by atoms with E-state index in [0.29, 0.717) is 5.91 Å². The number of carbonyl (C=O) groups excluding carboxylic acids is 1. The van der Waals surface area contributed by atoms with Crippen molar-refractivity contribution in [2.45, 2.75) is 77.2 Å². The highest BCUT2D eigenvalue weighted by Crippen LogP contribution is 2.14. The zero-order valence-electron chi connectivity index (χ0n) is 13.7. The standard InChI is InChI=1S/C17H33NO2S/c1-2-3-14-21-15-11-16(19)9-6-8-13-18-12-7-4-5-10-17(18)20/h16,19H,2-15H2,1H3. The van der Waals surface area contributed by atoms with Gasteiger partial charge in [-0.2, -0.15) is 11.8 Å². The molecule has 0 spiro atoms. The second-order valence-corrected chi connectivity index (χ2v) is 7.32. The van der Waals surface area contributed by atoms with Gasteiger partial charge in [0.2, 0.25) is 5.91 Å². The molecule has 1 heterocycles. The van der Waals surface area contributed by atoms with Crippen LogP contribution in [0.5, 0.6) is 0 Å². The Morgan fingerprint density at radius 3 is 2.81 bits per heavy atom. The second-order valence-electron chi connectivity index (χ2n) is 6.10. The maximum Gasteiger partial charge on any atom is 0.222 e. The highest BCUT2D eigenvalue weighted by atomic mass is 32.2. The number of amides is 1. The third kappa shape index (κ3) is 9.41. The van der Waals surface area contributed by atoms with E-state index < -0.39 is 0 Å². The average Bonchev–Trinajstić information content (AvgIpc) is 2.68. The summed E-state index contributed by atoms with van der Waals surface area (Å²) in [6.07, 6.45) is 10.4.